The van der Waals surface area contributed by atoms with E-state index in [-0.39, 0.29) is 0 Å². The lowest BCUT2D eigenvalue weighted by Gasteiger charge is -2.24. The first-order chi connectivity index (χ1) is 9.74. The van der Waals surface area contributed by atoms with E-state index in [2.05, 4.69) is 21.8 Å². The first-order valence-corrected chi connectivity index (χ1v) is 6.69. The minimum atomic E-state index is 0.567. The molecule has 2 aromatic rings. The lowest BCUT2D eigenvalue weighted by molar-refractivity contribution is 0.396. The molecule has 0 amide bonds. The fourth-order valence-corrected chi connectivity index (χ4v) is 2.04. The second-order valence-corrected chi connectivity index (χ2v) is 4.54. The quantitative estimate of drug-likeness (QED) is 0.818. The zero-order valence-electron chi connectivity index (χ0n) is 11.9. The van der Waals surface area contributed by atoms with Crippen molar-refractivity contribution in [2.75, 3.05) is 24.3 Å². The number of anilines is 2. The molecule has 106 valence electrons. The van der Waals surface area contributed by atoms with Gasteiger partial charge in [0, 0.05) is 24.8 Å². The van der Waals surface area contributed by atoms with E-state index in [1.807, 2.05) is 30.3 Å². The lowest BCUT2D eigenvalue weighted by Crippen LogP contribution is -2.25. The Morgan fingerprint density at radius 1 is 1.25 bits per heavy atom. The maximum Gasteiger partial charge on any atom is 0.218 e. The summed E-state index contributed by atoms with van der Waals surface area (Å²) in [5.74, 6) is 1.42. The Morgan fingerprint density at radius 2 is 2.05 bits per heavy atom. The predicted molar refractivity (Wildman–Crippen MR) is 80.8 cm³/mol. The van der Waals surface area contributed by atoms with Gasteiger partial charge in [-0.15, -0.1) is 0 Å². The van der Waals surface area contributed by atoms with Gasteiger partial charge in [-0.25, -0.2) is 9.97 Å². The first-order valence-electron chi connectivity index (χ1n) is 6.69. The second-order valence-electron chi connectivity index (χ2n) is 4.54. The van der Waals surface area contributed by atoms with E-state index >= 15 is 0 Å². The van der Waals surface area contributed by atoms with Crippen LogP contribution in [-0.2, 0) is 6.54 Å². The summed E-state index contributed by atoms with van der Waals surface area (Å²) < 4.78 is 5.15. The summed E-state index contributed by atoms with van der Waals surface area (Å²) in [4.78, 5) is 10.5. The fourth-order valence-electron chi connectivity index (χ4n) is 2.04. The maximum absolute atomic E-state index is 6.02. The molecule has 0 spiro atoms. The third-order valence-electron chi connectivity index (χ3n) is 3.07. The van der Waals surface area contributed by atoms with E-state index in [0.717, 1.165) is 36.6 Å². The second kappa shape index (κ2) is 6.75. The van der Waals surface area contributed by atoms with Crippen LogP contribution in [0.4, 0.5) is 11.5 Å². The maximum atomic E-state index is 6.02. The number of hydrogen-bond donors (Lipinski definition) is 1. The number of ether oxygens (including phenoxy) is 1. The van der Waals surface area contributed by atoms with Crippen molar-refractivity contribution in [2.45, 2.75) is 19.9 Å². The van der Waals surface area contributed by atoms with Crippen LogP contribution in [0, 0.1) is 0 Å². The molecule has 0 radical (unpaired) electrons. The smallest absolute Gasteiger partial charge is 0.218 e. The van der Waals surface area contributed by atoms with Gasteiger partial charge in [-0.05, 0) is 18.1 Å². The molecule has 0 aliphatic heterocycles. The molecule has 0 bridgehead atoms. The van der Waals surface area contributed by atoms with Crippen molar-refractivity contribution in [3.8, 4) is 5.88 Å². The van der Waals surface area contributed by atoms with Gasteiger partial charge in [0.1, 0.15) is 12.1 Å². The summed E-state index contributed by atoms with van der Waals surface area (Å²) in [5.41, 5.74) is 7.91. The highest BCUT2D eigenvalue weighted by Crippen LogP contribution is 2.20. The molecule has 0 unspecified atom stereocenters. The van der Waals surface area contributed by atoms with E-state index < -0.39 is 0 Å². The van der Waals surface area contributed by atoms with Crippen LogP contribution < -0.4 is 15.4 Å². The van der Waals surface area contributed by atoms with Gasteiger partial charge >= 0.3 is 0 Å². The van der Waals surface area contributed by atoms with Gasteiger partial charge in [0.05, 0.1) is 7.11 Å². The molecule has 0 aliphatic carbocycles. The summed E-state index contributed by atoms with van der Waals surface area (Å²) in [6, 6.07) is 9.73. The average Bonchev–Trinajstić information content (AvgIpc) is 2.49. The zero-order chi connectivity index (χ0) is 14.4. The third kappa shape index (κ3) is 3.38. The minimum Gasteiger partial charge on any atom is -0.481 e. The SMILES string of the molecule is CCCN(Cc1ccccc1N)c1cc(OC)ncn1. The molecular weight excluding hydrogens is 252 g/mol. The largest absolute Gasteiger partial charge is 0.481 e. The molecule has 5 nitrogen and oxygen atoms in total. The molecule has 1 heterocycles. The normalized spacial score (nSPS) is 10.3. The van der Waals surface area contributed by atoms with Crippen molar-refractivity contribution in [3.63, 3.8) is 0 Å². The standard InChI is InChI=1S/C15H20N4O/c1-3-8-19(10-12-6-4-5-7-13(12)16)14-9-15(20-2)18-11-17-14/h4-7,9,11H,3,8,10,16H2,1-2H3. The van der Waals surface area contributed by atoms with Crippen molar-refractivity contribution in [2.24, 2.45) is 0 Å². The van der Waals surface area contributed by atoms with Crippen molar-refractivity contribution >= 4 is 11.5 Å². The van der Waals surface area contributed by atoms with Crippen molar-refractivity contribution in [3.05, 3.63) is 42.2 Å². The number of benzene rings is 1. The first kappa shape index (κ1) is 14.1. The molecular formula is C15H20N4O. The Balaban J connectivity index is 2.24. The van der Waals surface area contributed by atoms with Crippen molar-refractivity contribution in [1.82, 2.24) is 9.97 Å². The third-order valence-corrected chi connectivity index (χ3v) is 3.07. The van der Waals surface area contributed by atoms with Gasteiger partial charge in [-0.1, -0.05) is 25.1 Å². The molecule has 0 fully saturated rings. The molecule has 2 N–H and O–H groups in total. The van der Waals surface area contributed by atoms with Gasteiger partial charge < -0.3 is 15.4 Å². The lowest BCUT2D eigenvalue weighted by atomic mass is 10.1. The summed E-state index contributed by atoms with van der Waals surface area (Å²) in [5, 5.41) is 0. The zero-order valence-corrected chi connectivity index (χ0v) is 11.9. The Hall–Kier alpha value is -2.30. The molecule has 0 aliphatic rings. The van der Waals surface area contributed by atoms with Gasteiger partial charge in [0.25, 0.3) is 0 Å². The average molecular weight is 272 g/mol. The van der Waals surface area contributed by atoms with Gasteiger partial charge in [0.15, 0.2) is 0 Å². The van der Waals surface area contributed by atoms with Crippen LogP contribution in [0.15, 0.2) is 36.7 Å². The summed E-state index contributed by atoms with van der Waals surface area (Å²) in [6.07, 6.45) is 2.55. The Kier molecular flexibility index (Phi) is 4.76. The van der Waals surface area contributed by atoms with E-state index in [1.54, 1.807) is 7.11 Å². The number of para-hydroxylation sites is 1. The molecule has 5 heteroatoms. The van der Waals surface area contributed by atoms with Crippen LogP contribution in [0.5, 0.6) is 5.88 Å². The summed E-state index contributed by atoms with van der Waals surface area (Å²) in [7, 11) is 1.60. The van der Waals surface area contributed by atoms with Crippen molar-refractivity contribution < 1.29 is 4.74 Å². The van der Waals surface area contributed by atoms with Crippen LogP contribution in [0.25, 0.3) is 0 Å². The van der Waals surface area contributed by atoms with E-state index in [0.29, 0.717) is 5.88 Å². The van der Waals surface area contributed by atoms with Crippen LogP contribution in [0.1, 0.15) is 18.9 Å². The number of hydrogen-bond acceptors (Lipinski definition) is 5. The van der Waals surface area contributed by atoms with Crippen LogP contribution in [0.3, 0.4) is 0 Å². The van der Waals surface area contributed by atoms with Crippen LogP contribution in [-0.4, -0.2) is 23.6 Å². The van der Waals surface area contributed by atoms with Gasteiger partial charge in [-0.3, -0.25) is 0 Å². The fraction of sp³-hybridized carbons (Fsp3) is 0.333. The monoisotopic (exact) mass is 272 g/mol. The van der Waals surface area contributed by atoms with E-state index in [1.165, 1.54) is 6.33 Å². The number of nitrogen functional groups attached to an aromatic ring is 1. The van der Waals surface area contributed by atoms with Gasteiger partial charge in [-0.2, -0.15) is 0 Å². The topological polar surface area (TPSA) is 64.3 Å². The molecule has 0 atom stereocenters. The summed E-state index contributed by atoms with van der Waals surface area (Å²) in [6.45, 7) is 3.76. The van der Waals surface area contributed by atoms with E-state index in [4.69, 9.17) is 10.5 Å². The molecule has 2 rings (SSSR count). The number of rotatable bonds is 6. The molecule has 20 heavy (non-hydrogen) atoms. The highest BCUT2D eigenvalue weighted by Gasteiger charge is 2.11. The van der Waals surface area contributed by atoms with Crippen LogP contribution >= 0.6 is 0 Å². The Morgan fingerprint density at radius 3 is 2.75 bits per heavy atom. The van der Waals surface area contributed by atoms with Crippen LogP contribution in [0.2, 0.25) is 0 Å². The van der Waals surface area contributed by atoms with Gasteiger partial charge in [0.2, 0.25) is 5.88 Å². The number of aromatic nitrogens is 2. The predicted octanol–water partition coefficient (Wildman–Crippen LogP) is 2.48. The molecule has 1 aromatic heterocycles. The number of methoxy groups -OCH3 is 1. The van der Waals surface area contributed by atoms with Crippen molar-refractivity contribution in [1.29, 1.82) is 0 Å². The molecule has 1 aromatic carbocycles. The molecule has 0 saturated carbocycles. The summed E-state index contributed by atoms with van der Waals surface area (Å²) >= 11 is 0. The number of nitrogens with two attached hydrogens (primary N) is 1. The highest BCUT2D eigenvalue weighted by atomic mass is 16.5. The van der Waals surface area contributed by atoms with E-state index in [9.17, 15) is 0 Å². The minimum absolute atomic E-state index is 0.567. The number of nitrogens with zero attached hydrogens (tertiary/aromatic N) is 3. The Labute approximate surface area is 119 Å². The Bertz CT molecular complexity index is 559. The highest BCUT2D eigenvalue weighted by molar-refractivity contribution is 5.50. The molecule has 0 saturated heterocycles.